The second kappa shape index (κ2) is 7.11. The van der Waals surface area contributed by atoms with Crippen LogP contribution in [0.4, 0.5) is 10.1 Å². The van der Waals surface area contributed by atoms with E-state index in [-0.39, 0.29) is 24.8 Å². The van der Waals surface area contributed by atoms with Gasteiger partial charge in [-0.25, -0.2) is 4.39 Å². The Morgan fingerprint density at radius 2 is 2.00 bits per heavy atom. The van der Waals surface area contributed by atoms with Crippen LogP contribution in [0, 0.1) is 18.2 Å². The van der Waals surface area contributed by atoms with E-state index >= 15 is 0 Å². The van der Waals surface area contributed by atoms with Gasteiger partial charge in [-0.2, -0.15) is 0 Å². The zero-order valence-corrected chi connectivity index (χ0v) is 11.4. The van der Waals surface area contributed by atoms with Crippen LogP contribution in [0.2, 0.25) is 0 Å². The molecule has 2 aromatic rings. The number of carbonyl (C=O) groups excluding carboxylic acids is 1. The number of hydrogen-bond donors (Lipinski definition) is 2. The van der Waals surface area contributed by atoms with E-state index in [1.54, 1.807) is 24.3 Å². The first kappa shape index (κ1) is 14.6. The Kier molecular flexibility index (Phi) is 4.94. The maximum Gasteiger partial charge on any atom is 0.239 e. The molecule has 0 aromatic heterocycles. The summed E-state index contributed by atoms with van der Waals surface area (Å²) in [6, 6.07) is 13.6. The molecule has 0 aliphatic carbocycles. The first-order valence-corrected chi connectivity index (χ1v) is 6.49. The normalized spacial score (nSPS) is 9.71. The van der Waals surface area contributed by atoms with E-state index in [0.717, 1.165) is 11.3 Å². The lowest BCUT2D eigenvalue weighted by Gasteiger charge is -2.08. The van der Waals surface area contributed by atoms with Crippen molar-refractivity contribution in [2.45, 2.75) is 6.54 Å². The molecule has 3 nitrogen and oxygen atoms in total. The molecule has 0 saturated carbocycles. The van der Waals surface area contributed by atoms with Crippen molar-refractivity contribution >= 4 is 11.6 Å². The highest BCUT2D eigenvalue weighted by molar-refractivity contribution is 5.80. The molecule has 0 radical (unpaired) electrons. The van der Waals surface area contributed by atoms with Crippen LogP contribution < -0.4 is 10.6 Å². The van der Waals surface area contributed by atoms with Crippen LogP contribution in [0.15, 0.2) is 48.5 Å². The Labute approximate surface area is 123 Å². The van der Waals surface area contributed by atoms with E-state index in [1.165, 1.54) is 6.07 Å². The van der Waals surface area contributed by atoms with E-state index in [4.69, 9.17) is 6.42 Å². The van der Waals surface area contributed by atoms with Gasteiger partial charge < -0.3 is 10.6 Å². The van der Waals surface area contributed by atoms with Crippen molar-refractivity contribution in [1.29, 1.82) is 0 Å². The van der Waals surface area contributed by atoms with Gasteiger partial charge in [-0.15, -0.1) is 6.42 Å². The minimum Gasteiger partial charge on any atom is -0.376 e. The van der Waals surface area contributed by atoms with E-state index in [9.17, 15) is 9.18 Å². The van der Waals surface area contributed by atoms with Crippen LogP contribution in [0.25, 0.3) is 0 Å². The number of nitrogens with one attached hydrogen (secondary N) is 2. The summed E-state index contributed by atoms with van der Waals surface area (Å²) >= 11 is 0. The zero-order chi connectivity index (χ0) is 15.1. The monoisotopic (exact) mass is 282 g/mol. The Balaban J connectivity index is 1.82. The fraction of sp³-hybridized carbons (Fsp3) is 0.118. The predicted molar refractivity (Wildman–Crippen MR) is 81.1 cm³/mol. The van der Waals surface area contributed by atoms with Crippen LogP contribution in [0.1, 0.15) is 11.1 Å². The van der Waals surface area contributed by atoms with Gasteiger partial charge in [0, 0.05) is 23.4 Å². The van der Waals surface area contributed by atoms with Crippen LogP contribution in [0.5, 0.6) is 0 Å². The van der Waals surface area contributed by atoms with Gasteiger partial charge >= 0.3 is 0 Å². The smallest absolute Gasteiger partial charge is 0.239 e. The van der Waals surface area contributed by atoms with Crippen molar-refractivity contribution < 1.29 is 9.18 Å². The third-order valence-electron chi connectivity index (χ3n) is 2.92. The standard InChI is InChI=1S/C17H15FN2O/c1-2-13-6-5-8-15(10-13)19-12-17(21)20-11-14-7-3-4-9-16(14)18/h1,3-10,19H,11-12H2,(H,20,21). The molecule has 0 heterocycles. The van der Waals surface area contributed by atoms with E-state index in [0.29, 0.717) is 5.56 Å². The van der Waals surface area contributed by atoms with Gasteiger partial charge in [0.1, 0.15) is 5.82 Å². The fourth-order valence-electron chi connectivity index (χ4n) is 1.80. The minimum atomic E-state index is -0.326. The molecule has 0 fully saturated rings. The topological polar surface area (TPSA) is 41.1 Å². The minimum absolute atomic E-state index is 0.0997. The van der Waals surface area contributed by atoms with Gasteiger partial charge in [0.2, 0.25) is 5.91 Å². The number of amides is 1. The summed E-state index contributed by atoms with van der Waals surface area (Å²) in [6.45, 7) is 0.264. The highest BCUT2D eigenvalue weighted by atomic mass is 19.1. The Bertz CT molecular complexity index is 676. The van der Waals surface area contributed by atoms with E-state index < -0.39 is 0 Å². The van der Waals surface area contributed by atoms with Crippen molar-refractivity contribution in [2.75, 3.05) is 11.9 Å². The molecule has 2 N–H and O–H groups in total. The van der Waals surface area contributed by atoms with Gasteiger partial charge in [0.25, 0.3) is 0 Å². The summed E-state index contributed by atoms with van der Waals surface area (Å²) in [5.41, 5.74) is 1.97. The SMILES string of the molecule is C#Cc1cccc(NCC(=O)NCc2ccccc2F)c1. The molecule has 1 amide bonds. The second-order valence-corrected chi connectivity index (χ2v) is 4.45. The third-order valence-corrected chi connectivity index (χ3v) is 2.92. The highest BCUT2D eigenvalue weighted by Crippen LogP contribution is 2.09. The molecule has 0 saturated heterocycles. The largest absolute Gasteiger partial charge is 0.376 e. The number of hydrogen-bond acceptors (Lipinski definition) is 2. The molecule has 106 valence electrons. The summed E-state index contributed by atoms with van der Waals surface area (Å²) in [4.78, 5) is 11.7. The molecule has 0 unspecified atom stereocenters. The molecular weight excluding hydrogens is 267 g/mol. The summed E-state index contributed by atoms with van der Waals surface area (Å²) in [7, 11) is 0. The number of halogens is 1. The lowest BCUT2D eigenvalue weighted by Crippen LogP contribution is -2.29. The lowest BCUT2D eigenvalue weighted by molar-refractivity contribution is -0.119. The van der Waals surface area contributed by atoms with Gasteiger partial charge in [0.05, 0.1) is 6.54 Å². The number of rotatable bonds is 5. The number of terminal acetylenes is 1. The summed E-state index contributed by atoms with van der Waals surface area (Å²) in [5, 5.41) is 5.63. The van der Waals surface area contributed by atoms with Crippen LogP contribution >= 0.6 is 0 Å². The highest BCUT2D eigenvalue weighted by Gasteiger charge is 2.04. The molecule has 0 spiro atoms. The number of benzene rings is 2. The van der Waals surface area contributed by atoms with Gasteiger partial charge in [-0.1, -0.05) is 30.2 Å². The maximum atomic E-state index is 13.4. The van der Waals surface area contributed by atoms with Crippen molar-refractivity contribution in [1.82, 2.24) is 5.32 Å². The zero-order valence-electron chi connectivity index (χ0n) is 11.4. The van der Waals surface area contributed by atoms with Gasteiger partial charge in [-0.05, 0) is 24.3 Å². The van der Waals surface area contributed by atoms with E-state index in [1.807, 2.05) is 18.2 Å². The molecule has 0 atom stereocenters. The maximum absolute atomic E-state index is 13.4. The van der Waals surface area contributed by atoms with Crippen LogP contribution in [0.3, 0.4) is 0 Å². The Morgan fingerprint density at radius 3 is 2.76 bits per heavy atom. The molecule has 2 rings (SSSR count). The first-order valence-electron chi connectivity index (χ1n) is 6.49. The first-order chi connectivity index (χ1) is 10.2. The summed E-state index contributed by atoms with van der Waals surface area (Å²) < 4.78 is 13.4. The average Bonchev–Trinajstić information content (AvgIpc) is 2.52. The Morgan fingerprint density at radius 1 is 1.19 bits per heavy atom. The lowest BCUT2D eigenvalue weighted by atomic mass is 10.2. The molecule has 0 aliphatic rings. The average molecular weight is 282 g/mol. The number of carbonyl (C=O) groups is 1. The van der Waals surface area contributed by atoms with Crippen LogP contribution in [-0.4, -0.2) is 12.5 Å². The molecule has 4 heteroatoms. The molecule has 0 bridgehead atoms. The molecule has 21 heavy (non-hydrogen) atoms. The van der Waals surface area contributed by atoms with Gasteiger partial charge in [-0.3, -0.25) is 4.79 Å². The summed E-state index contributed by atoms with van der Waals surface area (Å²) in [6.07, 6.45) is 5.31. The van der Waals surface area contributed by atoms with Crippen molar-refractivity contribution in [2.24, 2.45) is 0 Å². The van der Waals surface area contributed by atoms with E-state index in [2.05, 4.69) is 16.6 Å². The molecule has 2 aromatic carbocycles. The molecular formula is C17H15FN2O. The van der Waals surface area contributed by atoms with Crippen molar-refractivity contribution in [3.05, 3.63) is 65.5 Å². The van der Waals surface area contributed by atoms with Crippen molar-refractivity contribution in [3.63, 3.8) is 0 Å². The Hall–Kier alpha value is -2.80. The van der Waals surface area contributed by atoms with Gasteiger partial charge in [0.15, 0.2) is 0 Å². The third kappa shape index (κ3) is 4.36. The quantitative estimate of drug-likeness (QED) is 0.827. The van der Waals surface area contributed by atoms with Crippen molar-refractivity contribution in [3.8, 4) is 12.3 Å². The second-order valence-electron chi connectivity index (χ2n) is 4.45. The fourth-order valence-corrected chi connectivity index (χ4v) is 1.80. The molecule has 0 aliphatic heterocycles. The van der Waals surface area contributed by atoms with Crippen LogP contribution in [-0.2, 0) is 11.3 Å². The summed E-state index contributed by atoms with van der Waals surface area (Å²) in [5.74, 6) is 1.98. The number of anilines is 1. The predicted octanol–water partition coefficient (Wildman–Crippen LogP) is 2.54.